The third-order valence-electron chi connectivity index (χ3n) is 3.73. The third-order valence-corrected chi connectivity index (χ3v) is 3.73. The highest BCUT2D eigenvalue weighted by atomic mass is 16.5. The average molecular weight is 299 g/mol. The maximum atomic E-state index is 12.1. The Bertz CT molecular complexity index is 335. The second-order valence-corrected chi connectivity index (χ2v) is 5.60. The molecule has 0 aromatic carbocycles. The van der Waals surface area contributed by atoms with Crippen molar-refractivity contribution in [3.8, 4) is 0 Å². The van der Waals surface area contributed by atoms with E-state index in [0.29, 0.717) is 19.6 Å². The zero-order valence-corrected chi connectivity index (χ0v) is 13.7. The summed E-state index contributed by atoms with van der Waals surface area (Å²) < 4.78 is 5.56. The van der Waals surface area contributed by atoms with Crippen LogP contribution in [0.1, 0.15) is 34.1 Å². The van der Waals surface area contributed by atoms with E-state index in [-0.39, 0.29) is 12.2 Å². The van der Waals surface area contributed by atoms with E-state index in [1.807, 2.05) is 13.8 Å². The van der Waals surface area contributed by atoms with E-state index in [1.165, 1.54) is 0 Å². The van der Waals surface area contributed by atoms with Crippen molar-refractivity contribution in [1.29, 1.82) is 0 Å². The Morgan fingerprint density at radius 1 is 1.19 bits per heavy atom. The molecule has 1 fully saturated rings. The maximum absolute atomic E-state index is 12.1. The van der Waals surface area contributed by atoms with Crippen molar-refractivity contribution >= 4 is 11.8 Å². The normalized spacial score (nSPS) is 22.4. The molecule has 0 bridgehead atoms. The molecule has 1 aliphatic rings. The predicted octanol–water partition coefficient (Wildman–Crippen LogP) is 0.470. The molecule has 1 N–H and O–H groups in total. The van der Waals surface area contributed by atoms with E-state index < -0.39 is 11.8 Å². The summed E-state index contributed by atoms with van der Waals surface area (Å²) in [7, 11) is 0. The van der Waals surface area contributed by atoms with E-state index in [1.54, 1.807) is 4.90 Å². The van der Waals surface area contributed by atoms with Crippen LogP contribution in [0.2, 0.25) is 0 Å². The van der Waals surface area contributed by atoms with E-state index >= 15 is 0 Å². The molecule has 122 valence electrons. The Kier molecular flexibility index (Phi) is 7.67. The number of carbonyl (C=O) groups excluding carboxylic acids is 2. The van der Waals surface area contributed by atoms with Crippen LogP contribution in [0.4, 0.5) is 0 Å². The fourth-order valence-corrected chi connectivity index (χ4v) is 2.61. The second-order valence-electron chi connectivity index (χ2n) is 5.60. The van der Waals surface area contributed by atoms with Crippen molar-refractivity contribution in [2.75, 3.05) is 39.3 Å². The highest BCUT2D eigenvalue weighted by Gasteiger charge is 2.29. The monoisotopic (exact) mass is 299 g/mol. The number of morpholine rings is 1. The first-order valence-corrected chi connectivity index (χ1v) is 7.92. The molecule has 6 nitrogen and oxygen atoms in total. The Hall–Kier alpha value is -1.14. The van der Waals surface area contributed by atoms with Crippen molar-refractivity contribution in [3.63, 3.8) is 0 Å². The summed E-state index contributed by atoms with van der Waals surface area (Å²) in [6.07, 6.45) is 0.817. The molecule has 1 aliphatic heterocycles. The van der Waals surface area contributed by atoms with Crippen LogP contribution in [-0.4, -0.2) is 73.1 Å². The lowest BCUT2D eigenvalue weighted by atomic mass is 10.2. The summed E-state index contributed by atoms with van der Waals surface area (Å²) in [6, 6.07) is 0. The van der Waals surface area contributed by atoms with Gasteiger partial charge in [-0.3, -0.25) is 9.59 Å². The molecule has 0 aromatic rings. The Balaban J connectivity index is 2.29. The minimum atomic E-state index is -0.504. The fraction of sp³-hybridized carbons (Fsp3) is 0.867. The second kappa shape index (κ2) is 9.00. The van der Waals surface area contributed by atoms with Crippen LogP contribution >= 0.6 is 0 Å². The van der Waals surface area contributed by atoms with Gasteiger partial charge in [0.1, 0.15) is 0 Å². The summed E-state index contributed by atoms with van der Waals surface area (Å²) in [5.41, 5.74) is 0. The fourth-order valence-electron chi connectivity index (χ4n) is 2.61. The quantitative estimate of drug-likeness (QED) is 0.572. The van der Waals surface area contributed by atoms with E-state index in [2.05, 4.69) is 24.1 Å². The molecule has 6 heteroatoms. The van der Waals surface area contributed by atoms with Gasteiger partial charge in [0, 0.05) is 19.6 Å². The predicted molar refractivity (Wildman–Crippen MR) is 82.0 cm³/mol. The van der Waals surface area contributed by atoms with Crippen molar-refractivity contribution in [3.05, 3.63) is 0 Å². The summed E-state index contributed by atoms with van der Waals surface area (Å²) in [4.78, 5) is 27.8. The molecule has 0 aromatic heterocycles. The molecule has 1 rings (SSSR count). The lowest BCUT2D eigenvalue weighted by Crippen LogP contribution is -2.52. The first kappa shape index (κ1) is 17.9. The molecule has 0 aliphatic carbocycles. The highest BCUT2D eigenvalue weighted by Crippen LogP contribution is 2.10. The lowest BCUT2D eigenvalue weighted by molar-refractivity contribution is -0.153. The van der Waals surface area contributed by atoms with Gasteiger partial charge in [0.25, 0.3) is 0 Å². The number of carbonyl (C=O) groups is 2. The molecular weight excluding hydrogens is 270 g/mol. The summed E-state index contributed by atoms with van der Waals surface area (Å²) in [6.45, 7) is 12.5. The number of hydrogen-bond acceptors (Lipinski definition) is 4. The standard InChI is InChI=1S/C15H29N3O3/c1-5-17(6-2)9-7-8-16-14(19)15(20)18-10-12(3)21-13(4)11-18/h12-13H,5-11H2,1-4H3,(H,16,19). The van der Waals surface area contributed by atoms with Gasteiger partial charge in [-0.15, -0.1) is 0 Å². The molecule has 0 radical (unpaired) electrons. The van der Waals surface area contributed by atoms with Crippen LogP contribution in [-0.2, 0) is 14.3 Å². The highest BCUT2D eigenvalue weighted by molar-refractivity contribution is 6.35. The van der Waals surface area contributed by atoms with Gasteiger partial charge in [-0.05, 0) is 39.9 Å². The van der Waals surface area contributed by atoms with Crippen molar-refractivity contribution in [2.45, 2.75) is 46.3 Å². The minimum absolute atomic E-state index is 0.0202. The van der Waals surface area contributed by atoms with Crippen molar-refractivity contribution in [2.24, 2.45) is 0 Å². The van der Waals surface area contributed by atoms with Gasteiger partial charge in [0.05, 0.1) is 12.2 Å². The molecular formula is C15H29N3O3. The summed E-state index contributed by atoms with van der Waals surface area (Å²) in [5, 5.41) is 2.72. The largest absolute Gasteiger partial charge is 0.372 e. The number of nitrogens with one attached hydrogen (secondary N) is 1. The molecule has 2 unspecified atom stereocenters. The number of ether oxygens (including phenoxy) is 1. The first-order chi connectivity index (χ1) is 9.97. The maximum Gasteiger partial charge on any atom is 0.312 e. The molecule has 1 heterocycles. The van der Waals surface area contributed by atoms with Crippen LogP contribution < -0.4 is 5.32 Å². The molecule has 2 amide bonds. The van der Waals surface area contributed by atoms with Gasteiger partial charge in [-0.1, -0.05) is 13.8 Å². The van der Waals surface area contributed by atoms with Crippen LogP contribution in [0, 0.1) is 0 Å². The Morgan fingerprint density at radius 2 is 1.76 bits per heavy atom. The van der Waals surface area contributed by atoms with Crippen LogP contribution in [0.25, 0.3) is 0 Å². The van der Waals surface area contributed by atoms with Gasteiger partial charge in [0.15, 0.2) is 0 Å². The van der Waals surface area contributed by atoms with Gasteiger partial charge in [0.2, 0.25) is 0 Å². The molecule has 0 spiro atoms. The van der Waals surface area contributed by atoms with Crippen molar-refractivity contribution < 1.29 is 14.3 Å². The lowest BCUT2D eigenvalue weighted by Gasteiger charge is -2.34. The topological polar surface area (TPSA) is 61.9 Å². The smallest absolute Gasteiger partial charge is 0.312 e. The molecule has 1 saturated heterocycles. The number of hydrogen-bond donors (Lipinski definition) is 1. The van der Waals surface area contributed by atoms with E-state index in [9.17, 15) is 9.59 Å². The number of rotatable bonds is 6. The van der Waals surface area contributed by atoms with Gasteiger partial charge >= 0.3 is 11.8 Å². The molecule has 21 heavy (non-hydrogen) atoms. The van der Waals surface area contributed by atoms with Crippen LogP contribution in [0.3, 0.4) is 0 Å². The van der Waals surface area contributed by atoms with Crippen molar-refractivity contribution in [1.82, 2.24) is 15.1 Å². The minimum Gasteiger partial charge on any atom is -0.372 e. The Labute approximate surface area is 127 Å². The average Bonchev–Trinajstić information content (AvgIpc) is 2.45. The summed E-state index contributed by atoms with van der Waals surface area (Å²) >= 11 is 0. The third kappa shape index (κ3) is 6.01. The number of nitrogens with zero attached hydrogens (tertiary/aromatic N) is 2. The van der Waals surface area contributed by atoms with Crippen LogP contribution in [0.15, 0.2) is 0 Å². The Morgan fingerprint density at radius 3 is 2.29 bits per heavy atom. The molecule has 0 saturated carbocycles. The summed E-state index contributed by atoms with van der Waals surface area (Å²) in [5.74, 6) is -0.948. The van der Waals surface area contributed by atoms with E-state index in [4.69, 9.17) is 4.74 Å². The van der Waals surface area contributed by atoms with Gasteiger partial charge < -0.3 is 19.9 Å². The van der Waals surface area contributed by atoms with Gasteiger partial charge in [-0.25, -0.2) is 0 Å². The zero-order chi connectivity index (χ0) is 15.8. The molecule has 2 atom stereocenters. The first-order valence-electron chi connectivity index (χ1n) is 7.92. The SMILES string of the molecule is CCN(CC)CCCNC(=O)C(=O)N1CC(C)OC(C)C1. The van der Waals surface area contributed by atoms with Gasteiger partial charge in [-0.2, -0.15) is 0 Å². The zero-order valence-electron chi connectivity index (χ0n) is 13.7. The van der Waals surface area contributed by atoms with E-state index in [0.717, 1.165) is 26.1 Å². The van der Waals surface area contributed by atoms with Crippen LogP contribution in [0.5, 0.6) is 0 Å². The number of amides is 2.